The Morgan fingerprint density at radius 3 is 2.43 bits per heavy atom. The zero-order chi connectivity index (χ0) is 25.3. The van der Waals surface area contributed by atoms with E-state index in [1.165, 1.54) is 43.5 Å². The lowest BCUT2D eigenvalue weighted by atomic mass is 9.97. The normalized spacial score (nSPS) is 14.3. The van der Waals surface area contributed by atoms with Gasteiger partial charge in [0.05, 0.1) is 23.1 Å². The number of hydrogen-bond acceptors (Lipinski definition) is 4. The second-order valence-electron chi connectivity index (χ2n) is 7.89. The van der Waals surface area contributed by atoms with Gasteiger partial charge in [0, 0.05) is 11.8 Å². The summed E-state index contributed by atoms with van der Waals surface area (Å²) in [5.74, 6) is -2.33. The lowest BCUT2D eigenvalue weighted by Crippen LogP contribution is -2.17. The van der Waals surface area contributed by atoms with Crippen LogP contribution in [0.5, 0.6) is 17.2 Å². The number of carbonyl (C=O) groups excluding carboxylic acids is 1. The van der Waals surface area contributed by atoms with Crippen molar-refractivity contribution < 1.29 is 36.0 Å². The molecule has 1 amide bonds. The number of ether oxygens (including phenoxy) is 2. The lowest BCUT2D eigenvalue weighted by Gasteiger charge is -2.19. The SMILES string of the molecule is COc1ccc(Oc2cc(C(F)(F)F)cc(C3CC3)c2C(=O)Nc2cccc(S(N)=O)c2)cc1F. The predicted octanol–water partition coefficient (Wildman–Crippen LogP) is 5.76. The fraction of sp³-hybridized carbons (Fsp3) is 0.208. The summed E-state index contributed by atoms with van der Waals surface area (Å²) in [5, 5.41) is 8.00. The molecule has 4 rings (SSSR count). The van der Waals surface area contributed by atoms with Gasteiger partial charge in [-0.3, -0.25) is 4.79 Å². The van der Waals surface area contributed by atoms with Crippen LogP contribution in [0.15, 0.2) is 59.5 Å². The van der Waals surface area contributed by atoms with E-state index in [0.717, 1.165) is 12.1 Å². The van der Waals surface area contributed by atoms with E-state index in [1.54, 1.807) is 0 Å². The second-order valence-corrected chi connectivity index (χ2v) is 8.95. The number of hydrogen-bond donors (Lipinski definition) is 2. The van der Waals surface area contributed by atoms with Crippen LogP contribution in [0.2, 0.25) is 0 Å². The fourth-order valence-electron chi connectivity index (χ4n) is 3.57. The van der Waals surface area contributed by atoms with Crippen molar-refractivity contribution in [2.45, 2.75) is 29.8 Å². The van der Waals surface area contributed by atoms with Gasteiger partial charge in [0.15, 0.2) is 11.6 Å². The van der Waals surface area contributed by atoms with Crippen molar-refractivity contribution >= 4 is 22.6 Å². The maximum absolute atomic E-state index is 14.2. The number of halogens is 4. The minimum absolute atomic E-state index is 0.0739. The molecule has 184 valence electrons. The molecule has 0 bridgehead atoms. The van der Waals surface area contributed by atoms with E-state index in [4.69, 9.17) is 14.6 Å². The highest BCUT2D eigenvalue weighted by Crippen LogP contribution is 2.47. The molecule has 3 N–H and O–H groups in total. The number of amides is 1. The summed E-state index contributed by atoms with van der Waals surface area (Å²) in [6.45, 7) is 0. The Labute approximate surface area is 200 Å². The standard InChI is InChI=1S/C24H20F4N2O4S/c1-33-20-8-7-16(12-19(20)25)34-21-10-14(24(26,27)28)9-18(13-5-6-13)22(21)23(31)30-15-3-2-4-17(11-15)35(29)32/h2-4,7-13H,5-6,29H2,1H3,(H,30,31). The smallest absolute Gasteiger partial charge is 0.416 e. The molecule has 0 radical (unpaired) electrons. The molecule has 6 nitrogen and oxygen atoms in total. The number of carbonyl (C=O) groups is 1. The topological polar surface area (TPSA) is 90.7 Å². The quantitative estimate of drug-likeness (QED) is 0.397. The van der Waals surface area contributed by atoms with Crippen molar-refractivity contribution in [1.82, 2.24) is 0 Å². The maximum atomic E-state index is 14.2. The Morgan fingerprint density at radius 1 is 1.09 bits per heavy atom. The highest BCUT2D eigenvalue weighted by atomic mass is 32.2. The molecule has 3 aromatic carbocycles. The molecule has 0 aromatic heterocycles. The molecular weight excluding hydrogens is 488 g/mol. The second kappa shape index (κ2) is 9.67. The van der Waals surface area contributed by atoms with Crippen LogP contribution in [0.4, 0.5) is 23.2 Å². The van der Waals surface area contributed by atoms with Gasteiger partial charge in [-0.1, -0.05) is 6.07 Å². The summed E-state index contributed by atoms with van der Waals surface area (Å²) in [6, 6.07) is 11.2. The molecule has 0 saturated heterocycles. The summed E-state index contributed by atoms with van der Waals surface area (Å²) in [6.07, 6.45) is -3.47. The third-order valence-corrected chi connectivity index (χ3v) is 6.10. The average Bonchev–Trinajstić information content (AvgIpc) is 3.63. The third-order valence-electron chi connectivity index (χ3n) is 5.38. The number of alkyl halides is 3. The van der Waals surface area contributed by atoms with Gasteiger partial charge in [-0.2, -0.15) is 13.2 Å². The van der Waals surface area contributed by atoms with Crippen LogP contribution in [0, 0.1) is 5.82 Å². The van der Waals surface area contributed by atoms with Crippen molar-refractivity contribution in [3.8, 4) is 17.2 Å². The number of nitrogens with two attached hydrogens (primary N) is 1. The summed E-state index contributed by atoms with van der Waals surface area (Å²) >= 11 is 0. The van der Waals surface area contributed by atoms with E-state index in [-0.39, 0.29) is 44.9 Å². The number of rotatable bonds is 7. The Morgan fingerprint density at radius 2 is 1.83 bits per heavy atom. The maximum Gasteiger partial charge on any atom is 0.416 e. The van der Waals surface area contributed by atoms with Crippen molar-refractivity contribution in [2.24, 2.45) is 5.14 Å². The minimum Gasteiger partial charge on any atom is -0.494 e. The van der Waals surface area contributed by atoms with Gasteiger partial charge in [-0.15, -0.1) is 0 Å². The molecule has 1 atom stereocenters. The molecule has 0 spiro atoms. The van der Waals surface area contributed by atoms with Crippen LogP contribution in [0.25, 0.3) is 0 Å². The molecule has 3 aromatic rings. The van der Waals surface area contributed by atoms with E-state index >= 15 is 0 Å². The van der Waals surface area contributed by atoms with Gasteiger partial charge in [0.1, 0.15) is 22.5 Å². The molecular formula is C24H20F4N2O4S. The van der Waals surface area contributed by atoms with Crippen LogP contribution >= 0.6 is 0 Å². The molecule has 11 heteroatoms. The number of nitrogens with one attached hydrogen (secondary N) is 1. The first kappa shape index (κ1) is 24.7. The van der Waals surface area contributed by atoms with E-state index < -0.39 is 34.4 Å². The first-order chi connectivity index (χ1) is 16.6. The van der Waals surface area contributed by atoms with Gasteiger partial charge < -0.3 is 14.8 Å². The van der Waals surface area contributed by atoms with Crippen molar-refractivity contribution in [3.05, 3.63) is 77.1 Å². The van der Waals surface area contributed by atoms with Crippen LogP contribution < -0.4 is 19.9 Å². The van der Waals surface area contributed by atoms with Gasteiger partial charge in [0.2, 0.25) is 0 Å². The molecule has 1 fully saturated rings. The highest BCUT2D eigenvalue weighted by molar-refractivity contribution is 7.82. The van der Waals surface area contributed by atoms with Gasteiger partial charge >= 0.3 is 6.18 Å². The highest BCUT2D eigenvalue weighted by Gasteiger charge is 2.37. The number of methoxy groups -OCH3 is 1. The largest absolute Gasteiger partial charge is 0.494 e. The molecule has 0 heterocycles. The first-order valence-electron chi connectivity index (χ1n) is 10.4. The summed E-state index contributed by atoms with van der Waals surface area (Å²) in [4.78, 5) is 13.6. The van der Waals surface area contributed by atoms with E-state index in [9.17, 15) is 26.6 Å². The van der Waals surface area contributed by atoms with Gasteiger partial charge in [0.25, 0.3) is 5.91 Å². The van der Waals surface area contributed by atoms with E-state index in [1.807, 2.05) is 0 Å². The fourth-order valence-corrected chi connectivity index (χ4v) is 4.03. The summed E-state index contributed by atoms with van der Waals surface area (Å²) in [7, 11) is -0.527. The van der Waals surface area contributed by atoms with E-state index in [2.05, 4.69) is 5.32 Å². The average molecular weight is 508 g/mol. The third kappa shape index (κ3) is 5.63. The summed E-state index contributed by atoms with van der Waals surface area (Å²) in [5.41, 5.74) is -0.661. The van der Waals surface area contributed by atoms with Crippen LogP contribution in [0.1, 0.15) is 40.2 Å². The lowest BCUT2D eigenvalue weighted by molar-refractivity contribution is -0.137. The Balaban J connectivity index is 1.79. The Bertz CT molecular complexity index is 1310. The molecule has 35 heavy (non-hydrogen) atoms. The molecule has 1 aliphatic carbocycles. The molecule has 1 unspecified atom stereocenters. The van der Waals surface area contributed by atoms with Gasteiger partial charge in [-0.25, -0.2) is 13.7 Å². The zero-order valence-corrected chi connectivity index (χ0v) is 19.1. The van der Waals surface area contributed by atoms with Crippen LogP contribution in [0.3, 0.4) is 0 Å². The molecule has 0 aliphatic heterocycles. The molecule has 1 saturated carbocycles. The van der Waals surface area contributed by atoms with Crippen molar-refractivity contribution in [3.63, 3.8) is 0 Å². The van der Waals surface area contributed by atoms with E-state index in [0.29, 0.717) is 18.9 Å². The predicted molar refractivity (Wildman–Crippen MR) is 121 cm³/mol. The Kier molecular flexibility index (Phi) is 6.82. The zero-order valence-electron chi connectivity index (χ0n) is 18.3. The van der Waals surface area contributed by atoms with Crippen LogP contribution in [-0.4, -0.2) is 17.2 Å². The van der Waals surface area contributed by atoms with Crippen molar-refractivity contribution in [1.29, 1.82) is 0 Å². The van der Waals surface area contributed by atoms with Crippen molar-refractivity contribution in [2.75, 3.05) is 12.4 Å². The van der Waals surface area contributed by atoms with Gasteiger partial charge in [-0.05, 0) is 66.8 Å². The summed E-state index contributed by atoms with van der Waals surface area (Å²) < 4.78 is 77.2. The van der Waals surface area contributed by atoms with Crippen LogP contribution in [-0.2, 0) is 17.2 Å². The first-order valence-corrected chi connectivity index (χ1v) is 11.6. The minimum atomic E-state index is -4.69. The number of anilines is 1. The number of benzene rings is 3. The molecule has 1 aliphatic rings. The monoisotopic (exact) mass is 508 g/mol. The Hall–Kier alpha value is -3.44.